The van der Waals surface area contributed by atoms with E-state index in [1.54, 1.807) is 0 Å². The Morgan fingerprint density at radius 2 is 1.83 bits per heavy atom. The van der Waals surface area contributed by atoms with Crippen molar-refractivity contribution in [1.29, 1.82) is 0 Å². The van der Waals surface area contributed by atoms with E-state index in [1.807, 2.05) is 13.0 Å². The maximum Gasteiger partial charge on any atom is 0.119 e. The molecule has 0 bridgehead atoms. The average molecular weight is 335 g/mol. The lowest BCUT2D eigenvalue weighted by Gasteiger charge is -2.24. The zero-order valence-corrected chi connectivity index (χ0v) is 15.7. The average Bonchev–Trinajstić information content (AvgIpc) is 3.36. The Hall–Kier alpha value is -1.02. The molecule has 2 rings (SSSR count). The lowest BCUT2D eigenvalue weighted by atomic mass is 9.95. The van der Waals surface area contributed by atoms with Gasteiger partial charge in [-0.3, -0.25) is 0 Å². The summed E-state index contributed by atoms with van der Waals surface area (Å²) in [4.78, 5) is 4.74. The first-order valence-electron chi connectivity index (χ1n) is 9.04. The zero-order valence-electron chi connectivity index (χ0n) is 14.9. The third-order valence-electron chi connectivity index (χ3n) is 4.99. The Bertz CT molecular complexity index is 518. The first-order valence-corrected chi connectivity index (χ1v) is 9.42. The van der Waals surface area contributed by atoms with Crippen molar-refractivity contribution < 1.29 is 0 Å². The van der Waals surface area contributed by atoms with Gasteiger partial charge < -0.3 is 5.32 Å². The molecule has 0 aromatic carbocycles. The van der Waals surface area contributed by atoms with E-state index in [0.29, 0.717) is 11.1 Å². The van der Waals surface area contributed by atoms with E-state index in [-0.39, 0.29) is 0 Å². The van der Waals surface area contributed by atoms with Crippen LogP contribution in [-0.2, 0) is 0 Å². The van der Waals surface area contributed by atoms with Gasteiger partial charge in [-0.25, -0.2) is 4.99 Å². The molecule has 0 saturated heterocycles. The van der Waals surface area contributed by atoms with Crippen molar-refractivity contribution in [3.63, 3.8) is 0 Å². The highest BCUT2D eigenvalue weighted by Gasteiger charge is 2.23. The lowest BCUT2D eigenvalue weighted by molar-refractivity contribution is 0.396. The van der Waals surface area contributed by atoms with Crippen LogP contribution in [0, 0.1) is 5.92 Å². The van der Waals surface area contributed by atoms with Gasteiger partial charge in [-0.1, -0.05) is 49.1 Å². The summed E-state index contributed by atoms with van der Waals surface area (Å²) in [6, 6.07) is 0.516. The highest BCUT2D eigenvalue weighted by atomic mass is 35.5. The van der Waals surface area contributed by atoms with Gasteiger partial charge in [-0.15, -0.1) is 0 Å². The molecular weight excluding hydrogens is 304 g/mol. The normalized spacial score (nSPS) is 21.9. The van der Waals surface area contributed by atoms with Crippen molar-refractivity contribution in [2.45, 2.75) is 78.2 Å². The minimum atomic E-state index is 0.516. The van der Waals surface area contributed by atoms with Crippen molar-refractivity contribution in [2.24, 2.45) is 10.9 Å². The van der Waals surface area contributed by atoms with E-state index < -0.39 is 0 Å². The van der Waals surface area contributed by atoms with Crippen LogP contribution < -0.4 is 5.32 Å². The van der Waals surface area contributed by atoms with Crippen LogP contribution in [0.4, 0.5) is 0 Å². The van der Waals surface area contributed by atoms with E-state index in [9.17, 15) is 0 Å². The fraction of sp³-hybridized carbons (Fsp3) is 0.650. The quantitative estimate of drug-likeness (QED) is 0.559. The zero-order chi connectivity index (χ0) is 16.8. The number of rotatable bonds is 7. The topological polar surface area (TPSA) is 24.4 Å². The number of allylic oxidation sites excluding steroid dienone is 4. The standard InChI is InChI=1S/C20H31ClN2/c1-5-19(21)20(15(3)14(2)13-17-11-12-17)23-16(4)22-18-9-7-6-8-10-18/h5,17-18,22H,4,6-13H2,1-3H3/b15-14-,19-5+,23-20-. The molecule has 0 aromatic heterocycles. The molecule has 0 heterocycles. The van der Waals surface area contributed by atoms with E-state index in [1.165, 1.54) is 62.5 Å². The van der Waals surface area contributed by atoms with Gasteiger partial charge in [0, 0.05) is 6.04 Å². The van der Waals surface area contributed by atoms with Gasteiger partial charge in [-0.05, 0) is 64.4 Å². The molecule has 0 radical (unpaired) electrons. The van der Waals surface area contributed by atoms with Crippen molar-refractivity contribution in [1.82, 2.24) is 5.32 Å². The first-order chi connectivity index (χ1) is 11.0. The summed E-state index contributed by atoms with van der Waals surface area (Å²) >= 11 is 6.44. The largest absolute Gasteiger partial charge is 0.368 e. The SMILES string of the molecule is C=C(/N=C(C(/C)=C(/C)CC1CC1)\C(Cl)=C/C)NC1CCCCC1. The van der Waals surface area contributed by atoms with Crippen LogP contribution >= 0.6 is 11.6 Å². The van der Waals surface area contributed by atoms with Crippen molar-refractivity contribution in [3.8, 4) is 0 Å². The fourth-order valence-corrected chi connectivity index (χ4v) is 3.40. The third kappa shape index (κ3) is 5.84. The molecule has 128 valence electrons. The van der Waals surface area contributed by atoms with Crippen LogP contribution in [0.15, 0.2) is 39.6 Å². The third-order valence-corrected chi connectivity index (χ3v) is 5.39. The molecule has 0 aliphatic heterocycles. The van der Waals surface area contributed by atoms with Gasteiger partial charge in [0.1, 0.15) is 5.82 Å². The minimum Gasteiger partial charge on any atom is -0.368 e. The molecule has 2 saturated carbocycles. The molecule has 2 nitrogen and oxygen atoms in total. The number of nitrogens with zero attached hydrogens (tertiary/aromatic N) is 1. The first kappa shape index (κ1) is 18.3. The van der Waals surface area contributed by atoms with Crippen LogP contribution in [0.3, 0.4) is 0 Å². The lowest BCUT2D eigenvalue weighted by Crippen LogP contribution is -2.29. The second-order valence-electron chi connectivity index (χ2n) is 7.08. The molecule has 0 atom stereocenters. The van der Waals surface area contributed by atoms with Gasteiger partial charge >= 0.3 is 0 Å². The van der Waals surface area contributed by atoms with E-state index >= 15 is 0 Å². The Morgan fingerprint density at radius 3 is 2.39 bits per heavy atom. The highest BCUT2D eigenvalue weighted by Crippen LogP contribution is 2.36. The van der Waals surface area contributed by atoms with Crippen LogP contribution in [0.25, 0.3) is 0 Å². The Balaban J connectivity index is 2.10. The van der Waals surface area contributed by atoms with E-state index in [0.717, 1.165) is 17.5 Å². The highest BCUT2D eigenvalue weighted by molar-refractivity contribution is 6.46. The molecule has 2 aliphatic carbocycles. The van der Waals surface area contributed by atoms with Crippen LogP contribution in [0.2, 0.25) is 0 Å². The van der Waals surface area contributed by atoms with Gasteiger partial charge in [0.05, 0.1) is 10.7 Å². The van der Waals surface area contributed by atoms with Crippen LogP contribution in [0.5, 0.6) is 0 Å². The summed E-state index contributed by atoms with van der Waals surface area (Å²) < 4.78 is 0. The molecule has 0 aromatic rings. The number of hydrogen-bond donors (Lipinski definition) is 1. The maximum absolute atomic E-state index is 6.44. The van der Waals surface area contributed by atoms with Crippen LogP contribution in [0.1, 0.15) is 72.1 Å². The van der Waals surface area contributed by atoms with Gasteiger partial charge in [0.25, 0.3) is 0 Å². The Labute approximate surface area is 146 Å². The molecule has 0 spiro atoms. The summed E-state index contributed by atoms with van der Waals surface area (Å²) in [5.41, 5.74) is 3.48. The predicted octanol–water partition coefficient (Wildman–Crippen LogP) is 6.10. The monoisotopic (exact) mass is 334 g/mol. The summed E-state index contributed by atoms with van der Waals surface area (Å²) in [6.07, 6.45) is 12.2. The summed E-state index contributed by atoms with van der Waals surface area (Å²) in [5, 5.41) is 4.20. The van der Waals surface area contributed by atoms with Crippen molar-refractivity contribution >= 4 is 17.3 Å². The second kappa shape index (κ2) is 8.73. The molecule has 2 fully saturated rings. The maximum atomic E-state index is 6.44. The van der Waals surface area contributed by atoms with E-state index in [4.69, 9.17) is 16.6 Å². The summed E-state index contributed by atoms with van der Waals surface area (Å²) in [5.74, 6) is 1.62. The molecule has 1 N–H and O–H groups in total. The van der Waals surface area contributed by atoms with Gasteiger partial charge in [-0.2, -0.15) is 0 Å². The minimum absolute atomic E-state index is 0.516. The summed E-state index contributed by atoms with van der Waals surface area (Å²) in [7, 11) is 0. The predicted molar refractivity (Wildman–Crippen MR) is 102 cm³/mol. The van der Waals surface area contributed by atoms with Gasteiger partial charge in [0.2, 0.25) is 0 Å². The Kier molecular flexibility index (Phi) is 6.95. The smallest absolute Gasteiger partial charge is 0.119 e. The molecule has 0 amide bonds. The molecule has 2 aliphatic rings. The van der Waals surface area contributed by atoms with E-state index in [2.05, 4.69) is 25.7 Å². The fourth-order valence-electron chi connectivity index (χ4n) is 3.21. The molecular formula is C20H31ClN2. The molecule has 3 heteroatoms. The number of halogens is 1. The number of nitrogens with one attached hydrogen (secondary N) is 1. The Morgan fingerprint density at radius 1 is 1.17 bits per heavy atom. The molecule has 23 heavy (non-hydrogen) atoms. The molecule has 0 unspecified atom stereocenters. The summed E-state index contributed by atoms with van der Waals surface area (Å²) in [6.45, 7) is 10.4. The number of aliphatic imine (C=N–C) groups is 1. The van der Waals surface area contributed by atoms with Crippen molar-refractivity contribution in [2.75, 3.05) is 0 Å². The van der Waals surface area contributed by atoms with Crippen molar-refractivity contribution in [3.05, 3.63) is 34.7 Å². The number of hydrogen-bond acceptors (Lipinski definition) is 2. The van der Waals surface area contributed by atoms with Gasteiger partial charge in [0.15, 0.2) is 0 Å². The second-order valence-corrected chi connectivity index (χ2v) is 7.48. The van der Waals surface area contributed by atoms with Crippen LogP contribution in [-0.4, -0.2) is 11.8 Å².